The van der Waals surface area contributed by atoms with Crippen LogP contribution in [0.3, 0.4) is 0 Å². The number of rotatable bonds is 4. The van der Waals surface area contributed by atoms with Gasteiger partial charge in [0, 0.05) is 20.1 Å². The molecule has 22 heavy (non-hydrogen) atoms. The summed E-state index contributed by atoms with van der Waals surface area (Å²) in [5, 5.41) is 3.40. The van der Waals surface area contributed by atoms with Gasteiger partial charge in [0.25, 0.3) is 0 Å². The molecule has 124 valence electrons. The average molecular weight is 417 g/mol. The molecule has 1 aliphatic rings. The highest BCUT2D eigenvalue weighted by Gasteiger charge is 2.18. The zero-order valence-corrected chi connectivity index (χ0v) is 16.2. The van der Waals surface area contributed by atoms with Crippen molar-refractivity contribution < 1.29 is 4.74 Å². The van der Waals surface area contributed by atoms with E-state index in [-0.39, 0.29) is 24.0 Å². The maximum absolute atomic E-state index is 5.80. The Bertz CT molecular complexity index is 479. The van der Waals surface area contributed by atoms with Gasteiger partial charge in [-0.2, -0.15) is 0 Å². The van der Waals surface area contributed by atoms with Gasteiger partial charge in [0.05, 0.1) is 6.54 Å². The summed E-state index contributed by atoms with van der Waals surface area (Å²) in [5.74, 6) is 2.70. The van der Waals surface area contributed by atoms with Crippen LogP contribution in [0.5, 0.6) is 5.75 Å². The molecule has 5 heteroatoms. The zero-order valence-electron chi connectivity index (χ0n) is 13.8. The van der Waals surface area contributed by atoms with Gasteiger partial charge in [-0.3, -0.25) is 4.99 Å². The minimum absolute atomic E-state index is 0. The number of para-hydroxylation sites is 1. The fraction of sp³-hybridized carbons (Fsp3) is 0.588. The van der Waals surface area contributed by atoms with E-state index in [4.69, 9.17) is 4.74 Å². The summed E-state index contributed by atoms with van der Waals surface area (Å²) in [6.45, 7) is 7.98. The summed E-state index contributed by atoms with van der Waals surface area (Å²) in [5.41, 5.74) is 1.17. The number of hydrogen-bond donors (Lipinski definition) is 1. The summed E-state index contributed by atoms with van der Waals surface area (Å²) in [6.07, 6.45) is 2.57. The van der Waals surface area contributed by atoms with Crippen LogP contribution in [-0.4, -0.2) is 44.1 Å². The number of aryl methyl sites for hydroxylation is 1. The molecule has 4 nitrogen and oxygen atoms in total. The van der Waals surface area contributed by atoms with Crippen molar-refractivity contribution in [2.24, 2.45) is 10.9 Å². The van der Waals surface area contributed by atoms with Gasteiger partial charge in [-0.25, -0.2) is 0 Å². The monoisotopic (exact) mass is 417 g/mol. The van der Waals surface area contributed by atoms with E-state index in [1.165, 1.54) is 18.4 Å². The van der Waals surface area contributed by atoms with Gasteiger partial charge in [-0.05, 0) is 37.3 Å². The quantitative estimate of drug-likeness (QED) is 0.354. The first-order valence-electron chi connectivity index (χ1n) is 7.84. The predicted octanol–water partition coefficient (Wildman–Crippen LogP) is 3.30. The predicted molar refractivity (Wildman–Crippen MR) is 103 cm³/mol. The van der Waals surface area contributed by atoms with E-state index in [1.54, 1.807) is 0 Å². The third-order valence-electron chi connectivity index (χ3n) is 3.90. The van der Waals surface area contributed by atoms with Crippen molar-refractivity contribution in [1.82, 2.24) is 10.2 Å². The summed E-state index contributed by atoms with van der Waals surface area (Å²) in [6, 6.07) is 8.11. The third kappa shape index (κ3) is 5.66. The Labute approximate surface area is 151 Å². The summed E-state index contributed by atoms with van der Waals surface area (Å²) in [7, 11) is 1.85. The zero-order chi connectivity index (χ0) is 15.1. The highest BCUT2D eigenvalue weighted by atomic mass is 127. The summed E-state index contributed by atoms with van der Waals surface area (Å²) < 4.78 is 5.80. The van der Waals surface area contributed by atoms with Gasteiger partial charge in [0.2, 0.25) is 0 Å². The van der Waals surface area contributed by atoms with Crippen LogP contribution in [0, 0.1) is 12.8 Å². The van der Waals surface area contributed by atoms with E-state index in [0.717, 1.165) is 37.3 Å². The highest BCUT2D eigenvalue weighted by Crippen LogP contribution is 2.16. The van der Waals surface area contributed by atoms with Crippen LogP contribution in [-0.2, 0) is 0 Å². The minimum Gasteiger partial charge on any atom is -0.491 e. The van der Waals surface area contributed by atoms with E-state index in [0.29, 0.717) is 6.61 Å². The molecule has 1 atom stereocenters. The van der Waals surface area contributed by atoms with Crippen molar-refractivity contribution in [1.29, 1.82) is 0 Å². The second-order valence-corrected chi connectivity index (χ2v) is 5.78. The van der Waals surface area contributed by atoms with Crippen LogP contribution in [0.4, 0.5) is 0 Å². The average Bonchev–Trinajstić information content (AvgIpc) is 2.49. The van der Waals surface area contributed by atoms with Crippen molar-refractivity contribution in [3.05, 3.63) is 29.8 Å². The lowest BCUT2D eigenvalue weighted by molar-refractivity contribution is 0.262. The Kier molecular flexibility index (Phi) is 8.60. The number of ether oxygens (including phenoxy) is 1. The second-order valence-electron chi connectivity index (χ2n) is 5.78. The topological polar surface area (TPSA) is 36.9 Å². The lowest BCUT2D eigenvalue weighted by atomic mass is 10.0. The molecule has 1 aliphatic heterocycles. The van der Waals surface area contributed by atoms with Gasteiger partial charge in [0.15, 0.2) is 5.96 Å². The van der Waals surface area contributed by atoms with Gasteiger partial charge in [-0.15, -0.1) is 24.0 Å². The molecular weight excluding hydrogens is 389 g/mol. The maximum Gasteiger partial charge on any atom is 0.193 e. The first kappa shape index (κ1) is 19.1. The molecule has 1 fully saturated rings. The van der Waals surface area contributed by atoms with Crippen LogP contribution in [0.15, 0.2) is 29.3 Å². The Morgan fingerprint density at radius 3 is 2.86 bits per heavy atom. The Hall–Kier alpha value is -0.980. The molecule has 0 amide bonds. The first-order valence-corrected chi connectivity index (χ1v) is 7.84. The maximum atomic E-state index is 5.80. The molecule has 1 N–H and O–H groups in total. The van der Waals surface area contributed by atoms with Crippen molar-refractivity contribution in [3.63, 3.8) is 0 Å². The fourth-order valence-corrected chi connectivity index (χ4v) is 2.76. The second kappa shape index (κ2) is 9.92. The van der Waals surface area contributed by atoms with Crippen molar-refractivity contribution in [3.8, 4) is 5.75 Å². The molecule has 0 saturated carbocycles. The molecule has 0 bridgehead atoms. The normalized spacial score (nSPS) is 18.6. The van der Waals surface area contributed by atoms with Crippen LogP contribution in [0.2, 0.25) is 0 Å². The van der Waals surface area contributed by atoms with Crippen LogP contribution < -0.4 is 10.1 Å². The van der Waals surface area contributed by atoms with E-state index >= 15 is 0 Å². The Balaban J connectivity index is 0.00000242. The molecule has 1 heterocycles. The molecule has 1 aromatic carbocycles. The first-order chi connectivity index (χ1) is 10.2. The van der Waals surface area contributed by atoms with Gasteiger partial charge in [-0.1, -0.05) is 25.1 Å². The van der Waals surface area contributed by atoms with Gasteiger partial charge in [0.1, 0.15) is 12.4 Å². The minimum atomic E-state index is 0. The number of likely N-dealkylation sites (tertiary alicyclic amines) is 1. The van der Waals surface area contributed by atoms with Crippen LogP contribution in [0.1, 0.15) is 25.3 Å². The van der Waals surface area contributed by atoms with E-state index < -0.39 is 0 Å². The molecular formula is C17H28IN3O. The van der Waals surface area contributed by atoms with Gasteiger partial charge < -0.3 is 15.0 Å². The van der Waals surface area contributed by atoms with Crippen molar-refractivity contribution >= 4 is 29.9 Å². The number of nitrogens with zero attached hydrogens (tertiary/aromatic N) is 2. The summed E-state index contributed by atoms with van der Waals surface area (Å²) >= 11 is 0. The lowest BCUT2D eigenvalue weighted by Crippen LogP contribution is -2.47. The molecule has 0 aromatic heterocycles. The number of hydrogen-bond acceptors (Lipinski definition) is 2. The SMILES string of the molecule is CN=C(NCCOc1ccccc1C)N1CCCC(C)C1.I. The third-order valence-corrected chi connectivity index (χ3v) is 3.90. The highest BCUT2D eigenvalue weighted by molar-refractivity contribution is 14.0. The van der Waals surface area contributed by atoms with Crippen LogP contribution in [0.25, 0.3) is 0 Å². The molecule has 2 rings (SSSR count). The molecule has 1 aromatic rings. The van der Waals surface area contributed by atoms with E-state index in [1.807, 2.05) is 25.2 Å². The number of halogens is 1. The van der Waals surface area contributed by atoms with Crippen LogP contribution >= 0.6 is 24.0 Å². The van der Waals surface area contributed by atoms with Crippen molar-refractivity contribution in [2.75, 3.05) is 33.3 Å². The summed E-state index contributed by atoms with van der Waals surface area (Å²) in [4.78, 5) is 6.73. The van der Waals surface area contributed by atoms with E-state index in [9.17, 15) is 0 Å². The number of piperidine rings is 1. The molecule has 1 unspecified atom stereocenters. The molecule has 1 saturated heterocycles. The van der Waals surface area contributed by atoms with Crippen molar-refractivity contribution in [2.45, 2.75) is 26.7 Å². The number of nitrogens with one attached hydrogen (secondary N) is 1. The largest absolute Gasteiger partial charge is 0.491 e. The number of guanidine groups is 1. The Morgan fingerprint density at radius 2 is 2.18 bits per heavy atom. The lowest BCUT2D eigenvalue weighted by Gasteiger charge is -2.33. The Morgan fingerprint density at radius 1 is 1.41 bits per heavy atom. The number of benzene rings is 1. The standard InChI is InChI=1S/C17H27N3O.HI/c1-14-7-6-11-20(13-14)17(18-3)19-10-12-21-16-9-5-4-8-15(16)2;/h4-5,8-9,14H,6-7,10-13H2,1-3H3,(H,18,19);1H. The fourth-order valence-electron chi connectivity index (χ4n) is 2.76. The smallest absolute Gasteiger partial charge is 0.193 e. The van der Waals surface area contributed by atoms with Gasteiger partial charge >= 0.3 is 0 Å². The molecule has 0 aliphatic carbocycles. The molecule has 0 radical (unpaired) electrons. The number of aliphatic imine (C=N–C) groups is 1. The van der Waals surface area contributed by atoms with E-state index in [2.05, 4.69) is 35.1 Å². The molecule has 0 spiro atoms.